The van der Waals surface area contributed by atoms with E-state index in [-0.39, 0.29) is 5.63 Å². The van der Waals surface area contributed by atoms with Crippen molar-refractivity contribution in [2.45, 2.75) is 6.92 Å². The third-order valence-corrected chi connectivity index (χ3v) is 3.79. The summed E-state index contributed by atoms with van der Waals surface area (Å²) in [6.45, 7) is 1.90. The van der Waals surface area contributed by atoms with E-state index in [0.717, 1.165) is 11.1 Å². The van der Waals surface area contributed by atoms with E-state index in [2.05, 4.69) is 4.98 Å². The Bertz CT molecular complexity index is 804. The smallest absolute Gasteiger partial charge is 0.346 e. The summed E-state index contributed by atoms with van der Waals surface area (Å²) in [5, 5.41) is 3.44. The molecule has 0 N–H and O–H groups in total. The fraction of sp³-hybridized carbons (Fsp3) is 0.143. The highest BCUT2D eigenvalue weighted by molar-refractivity contribution is 7.13. The number of nitrogens with zero attached hydrogens (tertiary/aromatic N) is 1. The summed E-state index contributed by atoms with van der Waals surface area (Å²) in [5.74, 6) is 0.661. The fourth-order valence-corrected chi connectivity index (χ4v) is 2.65. The van der Waals surface area contributed by atoms with Crippen molar-refractivity contribution < 1.29 is 9.15 Å². The minimum atomic E-state index is -0.380. The first-order chi connectivity index (χ1) is 9.17. The fourth-order valence-electron chi connectivity index (χ4n) is 1.85. The second kappa shape index (κ2) is 4.51. The predicted octanol–water partition coefficient (Wildman–Crippen LogP) is 3.23. The van der Waals surface area contributed by atoms with Gasteiger partial charge in [-0.25, -0.2) is 9.78 Å². The third kappa shape index (κ3) is 2.13. The molecule has 0 spiro atoms. The molecule has 3 rings (SSSR count). The molecule has 0 bridgehead atoms. The molecule has 2 aromatic heterocycles. The summed E-state index contributed by atoms with van der Waals surface area (Å²) < 4.78 is 10.4. The third-order valence-electron chi connectivity index (χ3n) is 2.79. The quantitative estimate of drug-likeness (QED) is 0.673. The van der Waals surface area contributed by atoms with E-state index in [0.29, 0.717) is 21.9 Å². The number of hydrogen-bond acceptors (Lipinski definition) is 5. The molecular weight excluding hydrogens is 262 g/mol. The minimum Gasteiger partial charge on any atom is -0.497 e. The molecule has 1 aromatic carbocycles. The Morgan fingerprint density at radius 2 is 2.16 bits per heavy atom. The van der Waals surface area contributed by atoms with Gasteiger partial charge in [0.25, 0.3) is 0 Å². The standard InChI is InChI=1S/C14H11NO3S/c1-8-7-19-13(15-8)11-5-9-3-4-10(17-2)6-12(9)18-14(11)16/h3-7H,1-2H3. The number of benzene rings is 1. The Balaban J connectivity index is 2.22. The molecule has 5 heteroatoms. The Morgan fingerprint density at radius 1 is 1.32 bits per heavy atom. The highest BCUT2D eigenvalue weighted by atomic mass is 32.1. The average molecular weight is 273 g/mol. The number of thiazole rings is 1. The van der Waals surface area contributed by atoms with Crippen LogP contribution in [0.25, 0.3) is 21.5 Å². The SMILES string of the molecule is COc1ccc2cc(-c3nc(C)cs3)c(=O)oc2c1. The zero-order valence-corrected chi connectivity index (χ0v) is 11.3. The van der Waals surface area contributed by atoms with Gasteiger partial charge in [0.1, 0.15) is 16.3 Å². The average Bonchev–Trinajstić information content (AvgIpc) is 2.83. The number of ether oxygens (including phenoxy) is 1. The Hall–Kier alpha value is -2.14. The van der Waals surface area contributed by atoms with Crippen LogP contribution in [0.5, 0.6) is 5.75 Å². The molecule has 96 valence electrons. The first-order valence-corrected chi connectivity index (χ1v) is 6.60. The summed E-state index contributed by atoms with van der Waals surface area (Å²) in [6, 6.07) is 7.20. The number of aromatic nitrogens is 1. The lowest BCUT2D eigenvalue weighted by molar-refractivity contribution is 0.414. The molecule has 4 nitrogen and oxygen atoms in total. The first kappa shape index (κ1) is 11.9. The number of hydrogen-bond donors (Lipinski definition) is 0. The number of fused-ring (bicyclic) bond motifs is 1. The molecule has 0 aliphatic rings. The van der Waals surface area contributed by atoms with Gasteiger partial charge >= 0.3 is 5.63 Å². The molecule has 0 atom stereocenters. The Kier molecular flexibility index (Phi) is 2.83. The Morgan fingerprint density at radius 3 is 2.84 bits per heavy atom. The molecule has 2 heterocycles. The van der Waals surface area contributed by atoms with Crippen molar-refractivity contribution in [3.05, 3.63) is 45.8 Å². The second-order valence-electron chi connectivity index (χ2n) is 4.15. The van der Waals surface area contributed by atoms with Crippen LogP contribution in [0.1, 0.15) is 5.69 Å². The van der Waals surface area contributed by atoms with Crippen molar-refractivity contribution in [3.63, 3.8) is 0 Å². The molecule has 0 aliphatic carbocycles. The van der Waals surface area contributed by atoms with Gasteiger partial charge in [-0.2, -0.15) is 0 Å². The van der Waals surface area contributed by atoms with Gasteiger partial charge in [0.2, 0.25) is 0 Å². The number of rotatable bonds is 2. The predicted molar refractivity (Wildman–Crippen MR) is 74.9 cm³/mol. The maximum absolute atomic E-state index is 12.0. The van der Waals surface area contributed by atoms with E-state index < -0.39 is 0 Å². The highest BCUT2D eigenvalue weighted by Crippen LogP contribution is 2.26. The van der Waals surface area contributed by atoms with Gasteiger partial charge < -0.3 is 9.15 Å². The van der Waals surface area contributed by atoms with E-state index in [1.807, 2.05) is 24.4 Å². The molecule has 0 saturated carbocycles. The number of methoxy groups -OCH3 is 1. The molecule has 0 radical (unpaired) electrons. The summed E-state index contributed by atoms with van der Waals surface area (Å²) in [6.07, 6.45) is 0. The maximum Gasteiger partial charge on any atom is 0.346 e. The zero-order valence-electron chi connectivity index (χ0n) is 10.5. The largest absolute Gasteiger partial charge is 0.497 e. The van der Waals surface area contributed by atoms with Gasteiger partial charge in [-0.05, 0) is 25.1 Å². The van der Waals surface area contributed by atoms with Crippen LogP contribution in [0.2, 0.25) is 0 Å². The summed E-state index contributed by atoms with van der Waals surface area (Å²) in [5.41, 5.74) is 1.53. The van der Waals surface area contributed by atoms with E-state index in [1.165, 1.54) is 11.3 Å². The van der Waals surface area contributed by atoms with Gasteiger partial charge in [0.05, 0.1) is 12.7 Å². The van der Waals surface area contributed by atoms with Crippen LogP contribution in [-0.4, -0.2) is 12.1 Å². The molecule has 0 saturated heterocycles. The van der Waals surface area contributed by atoms with E-state index in [1.54, 1.807) is 19.2 Å². The second-order valence-corrected chi connectivity index (χ2v) is 5.00. The van der Waals surface area contributed by atoms with Gasteiger partial charge in [-0.3, -0.25) is 0 Å². The first-order valence-electron chi connectivity index (χ1n) is 5.72. The summed E-state index contributed by atoms with van der Waals surface area (Å²) in [7, 11) is 1.58. The van der Waals surface area contributed by atoms with E-state index in [9.17, 15) is 4.79 Å². The topological polar surface area (TPSA) is 52.3 Å². The maximum atomic E-state index is 12.0. The van der Waals surface area contributed by atoms with Gasteiger partial charge in [0.15, 0.2) is 0 Å². The van der Waals surface area contributed by atoms with Crippen molar-refractivity contribution in [1.29, 1.82) is 0 Å². The summed E-state index contributed by atoms with van der Waals surface area (Å²) in [4.78, 5) is 16.3. The monoisotopic (exact) mass is 273 g/mol. The van der Waals surface area contributed by atoms with E-state index in [4.69, 9.17) is 9.15 Å². The van der Waals surface area contributed by atoms with Gasteiger partial charge in [-0.15, -0.1) is 11.3 Å². The molecule has 3 aromatic rings. The van der Waals surface area contributed by atoms with Crippen LogP contribution in [0, 0.1) is 6.92 Å². The molecule has 0 fully saturated rings. The summed E-state index contributed by atoms with van der Waals surface area (Å²) >= 11 is 1.44. The van der Waals surface area contributed by atoms with Crippen molar-refractivity contribution >= 4 is 22.3 Å². The lowest BCUT2D eigenvalue weighted by Crippen LogP contribution is -2.02. The van der Waals surface area contributed by atoms with Crippen LogP contribution in [0.15, 0.2) is 38.9 Å². The van der Waals surface area contributed by atoms with Crippen molar-refractivity contribution in [2.24, 2.45) is 0 Å². The van der Waals surface area contributed by atoms with Crippen molar-refractivity contribution in [2.75, 3.05) is 7.11 Å². The lowest BCUT2D eigenvalue weighted by atomic mass is 10.2. The molecule has 19 heavy (non-hydrogen) atoms. The molecule has 0 aliphatic heterocycles. The molecule has 0 unspecified atom stereocenters. The van der Waals surface area contributed by atoms with Crippen molar-refractivity contribution in [3.8, 4) is 16.3 Å². The van der Waals surface area contributed by atoms with Crippen LogP contribution < -0.4 is 10.4 Å². The lowest BCUT2D eigenvalue weighted by Gasteiger charge is -2.02. The van der Waals surface area contributed by atoms with Gasteiger partial charge in [-0.1, -0.05) is 0 Å². The van der Waals surface area contributed by atoms with Crippen LogP contribution >= 0.6 is 11.3 Å². The van der Waals surface area contributed by atoms with Crippen LogP contribution in [0.4, 0.5) is 0 Å². The highest BCUT2D eigenvalue weighted by Gasteiger charge is 2.11. The normalized spacial score (nSPS) is 10.8. The zero-order chi connectivity index (χ0) is 13.4. The number of aryl methyl sites for hydroxylation is 1. The van der Waals surface area contributed by atoms with Crippen molar-refractivity contribution in [1.82, 2.24) is 4.98 Å². The van der Waals surface area contributed by atoms with E-state index >= 15 is 0 Å². The molecular formula is C14H11NO3S. The Labute approximate surface area is 113 Å². The van der Waals surface area contributed by atoms with Crippen LogP contribution in [0.3, 0.4) is 0 Å². The van der Waals surface area contributed by atoms with Gasteiger partial charge in [0, 0.05) is 22.5 Å². The minimum absolute atomic E-state index is 0.380. The molecule has 0 amide bonds. The van der Waals surface area contributed by atoms with Crippen LogP contribution in [-0.2, 0) is 0 Å².